The number of hydrogen-bond acceptors (Lipinski definition) is 4. The van der Waals surface area contributed by atoms with Gasteiger partial charge in [0.2, 0.25) is 0 Å². The van der Waals surface area contributed by atoms with Crippen LogP contribution in [-0.2, 0) is 18.4 Å². The normalized spacial score (nSPS) is 18.1. The zero-order valence-electron chi connectivity index (χ0n) is 24.4. The molecule has 3 amide bonds. The molecule has 0 fully saturated rings. The number of nitrogens with one attached hydrogen (secondary N) is 1. The summed E-state index contributed by atoms with van der Waals surface area (Å²) < 4.78 is 21.8. The van der Waals surface area contributed by atoms with E-state index in [1.165, 1.54) is 29.2 Å². The van der Waals surface area contributed by atoms with E-state index in [4.69, 9.17) is 4.74 Å². The Bertz CT molecular complexity index is 1580. The Morgan fingerprint density at radius 3 is 2.55 bits per heavy atom. The lowest BCUT2D eigenvalue weighted by Crippen LogP contribution is -2.48. The number of ether oxygens (including phenoxy) is 1. The first-order valence-corrected chi connectivity index (χ1v) is 14.2. The van der Waals surface area contributed by atoms with Crippen LogP contribution in [0.1, 0.15) is 29.9 Å². The minimum Gasteiger partial charge on any atom is -0.394 e. The van der Waals surface area contributed by atoms with Crippen molar-refractivity contribution in [1.82, 2.24) is 14.4 Å². The lowest BCUT2D eigenvalue weighted by molar-refractivity contribution is -0.0179. The average molecular weight is 573 g/mol. The van der Waals surface area contributed by atoms with Gasteiger partial charge in [0, 0.05) is 55.3 Å². The van der Waals surface area contributed by atoms with E-state index in [1.807, 2.05) is 74.0 Å². The van der Waals surface area contributed by atoms with Crippen LogP contribution in [0.15, 0.2) is 72.8 Å². The van der Waals surface area contributed by atoms with Crippen molar-refractivity contribution in [3.05, 3.63) is 89.9 Å². The molecule has 8 nitrogen and oxygen atoms in total. The summed E-state index contributed by atoms with van der Waals surface area (Å²) >= 11 is 0. The number of rotatable bonds is 5. The number of amides is 3. The molecular formula is C33H37FN4O4. The molecule has 0 bridgehead atoms. The summed E-state index contributed by atoms with van der Waals surface area (Å²) in [6, 6.07) is 20.7. The molecule has 2 N–H and O–H groups in total. The number of hydrogen-bond donors (Lipinski definition) is 2. The van der Waals surface area contributed by atoms with Crippen LogP contribution in [0.2, 0.25) is 0 Å². The van der Waals surface area contributed by atoms with Gasteiger partial charge in [0.05, 0.1) is 25.4 Å². The standard InChI is InChI=1S/C33H37FN4O4/c1-21-17-38(22(2)19-39)32(40)31-30(27-11-7-8-12-28(27)37(31)4)26-10-6-5-9-23(26)20-42-29(21)18-36(3)33(41)35-25-15-13-24(34)14-16-25/h5-16,21-22,29,39H,17-20H2,1-4H3,(H,35,41)/t21-,22-,29-/m0/s1. The van der Waals surface area contributed by atoms with E-state index >= 15 is 0 Å². The molecule has 2 heterocycles. The molecule has 1 aliphatic heterocycles. The second-order valence-electron chi connectivity index (χ2n) is 11.1. The van der Waals surface area contributed by atoms with Gasteiger partial charge in [0.15, 0.2) is 0 Å². The van der Waals surface area contributed by atoms with Crippen LogP contribution < -0.4 is 5.32 Å². The van der Waals surface area contributed by atoms with E-state index in [-0.39, 0.29) is 43.4 Å². The van der Waals surface area contributed by atoms with E-state index in [9.17, 15) is 19.1 Å². The van der Waals surface area contributed by atoms with E-state index in [2.05, 4.69) is 5.32 Å². The number of aryl methyl sites for hydroxylation is 1. The van der Waals surface area contributed by atoms with Crippen LogP contribution in [0.4, 0.5) is 14.9 Å². The van der Waals surface area contributed by atoms with E-state index in [0.717, 1.165) is 27.6 Å². The molecule has 5 rings (SSSR count). The Hall–Kier alpha value is -4.21. The summed E-state index contributed by atoms with van der Waals surface area (Å²) in [6.45, 7) is 4.48. The fourth-order valence-electron chi connectivity index (χ4n) is 5.63. The number of aliphatic hydroxyl groups excluding tert-OH is 1. The van der Waals surface area contributed by atoms with Crippen LogP contribution in [-0.4, -0.2) is 70.3 Å². The maximum atomic E-state index is 14.4. The molecule has 0 unspecified atom stereocenters. The summed E-state index contributed by atoms with van der Waals surface area (Å²) in [5, 5.41) is 13.9. The number of urea groups is 1. The van der Waals surface area contributed by atoms with Crippen LogP contribution >= 0.6 is 0 Å². The van der Waals surface area contributed by atoms with Crippen LogP contribution in [0.3, 0.4) is 0 Å². The number of carbonyl (C=O) groups excluding carboxylic acids is 2. The van der Waals surface area contributed by atoms with E-state index in [0.29, 0.717) is 17.9 Å². The topological polar surface area (TPSA) is 87.0 Å². The first-order chi connectivity index (χ1) is 20.2. The molecule has 42 heavy (non-hydrogen) atoms. The molecule has 220 valence electrons. The van der Waals surface area contributed by atoms with Gasteiger partial charge in [-0.1, -0.05) is 49.4 Å². The number of aromatic nitrogens is 1. The Morgan fingerprint density at radius 2 is 1.81 bits per heavy atom. The van der Waals surface area contributed by atoms with Gasteiger partial charge in [-0.25, -0.2) is 9.18 Å². The third-order valence-electron chi connectivity index (χ3n) is 8.12. The van der Waals surface area contributed by atoms with Crippen molar-refractivity contribution in [3.8, 4) is 11.1 Å². The highest BCUT2D eigenvalue weighted by molar-refractivity contribution is 6.10. The van der Waals surface area contributed by atoms with Gasteiger partial charge < -0.3 is 29.5 Å². The van der Waals surface area contributed by atoms with Crippen molar-refractivity contribution < 1.29 is 23.8 Å². The Labute approximate surface area is 245 Å². The number of para-hydroxylation sites is 1. The van der Waals surface area contributed by atoms with E-state index in [1.54, 1.807) is 11.9 Å². The number of aliphatic hydroxyl groups is 1. The van der Waals surface area contributed by atoms with Gasteiger partial charge in [0.1, 0.15) is 11.5 Å². The molecule has 3 atom stereocenters. The summed E-state index contributed by atoms with van der Waals surface area (Å²) in [6.07, 6.45) is -0.429. The number of carbonyl (C=O) groups is 2. The molecule has 0 aliphatic carbocycles. The second kappa shape index (κ2) is 12.3. The molecule has 0 spiro atoms. The summed E-state index contributed by atoms with van der Waals surface area (Å²) in [5.74, 6) is -0.741. The summed E-state index contributed by atoms with van der Waals surface area (Å²) in [7, 11) is 3.58. The first-order valence-electron chi connectivity index (χ1n) is 14.2. The molecule has 1 aliphatic rings. The number of anilines is 1. The van der Waals surface area contributed by atoms with Crippen molar-refractivity contribution in [2.75, 3.05) is 32.1 Å². The maximum Gasteiger partial charge on any atom is 0.321 e. The van der Waals surface area contributed by atoms with Crippen molar-refractivity contribution in [1.29, 1.82) is 0 Å². The lowest BCUT2D eigenvalue weighted by Gasteiger charge is -2.35. The third-order valence-corrected chi connectivity index (χ3v) is 8.12. The number of likely N-dealkylation sites (N-methyl/N-ethyl adjacent to an activating group) is 1. The molecule has 0 radical (unpaired) electrons. The highest BCUT2D eigenvalue weighted by Gasteiger charge is 2.34. The zero-order chi connectivity index (χ0) is 30.0. The SMILES string of the molecule is C[C@H]1CN([C@@H](C)CO)C(=O)c2c(c3ccccc3n2C)-c2ccccc2CO[C@H]1CN(C)C(=O)Nc1ccc(F)cc1. The zero-order valence-corrected chi connectivity index (χ0v) is 24.4. The minimum absolute atomic E-state index is 0.171. The van der Waals surface area contributed by atoms with Crippen LogP contribution in [0, 0.1) is 11.7 Å². The molecule has 3 aromatic carbocycles. The fraction of sp³-hybridized carbons (Fsp3) is 0.333. The quantitative estimate of drug-likeness (QED) is 0.330. The van der Waals surface area contributed by atoms with Crippen molar-refractivity contribution in [2.45, 2.75) is 32.6 Å². The van der Waals surface area contributed by atoms with Gasteiger partial charge in [-0.2, -0.15) is 0 Å². The van der Waals surface area contributed by atoms with Gasteiger partial charge >= 0.3 is 6.03 Å². The summed E-state index contributed by atoms with van der Waals surface area (Å²) in [5.41, 5.74) is 4.67. The number of nitrogens with zero attached hydrogens (tertiary/aromatic N) is 3. The monoisotopic (exact) mass is 572 g/mol. The molecule has 9 heteroatoms. The van der Waals surface area contributed by atoms with Gasteiger partial charge in [-0.3, -0.25) is 4.79 Å². The lowest BCUT2D eigenvalue weighted by atomic mass is 9.96. The van der Waals surface area contributed by atoms with Gasteiger partial charge in [0.25, 0.3) is 5.91 Å². The minimum atomic E-state index is -0.443. The van der Waals surface area contributed by atoms with Crippen molar-refractivity contribution >= 4 is 28.5 Å². The van der Waals surface area contributed by atoms with Crippen molar-refractivity contribution in [2.24, 2.45) is 13.0 Å². The Kier molecular flexibility index (Phi) is 8.61. The van der Waals surface area contributed by atoms with Gasteiger partial charge in [-0.05, 0) is 48.4 Å². The average Bonchev–Trinajstić information content (AvgIpc) is 3.29. The first kappa shape index (κ1) is 29.3. The largest absolute Gasteiger partial charge is 0.394 e. The molecule has 1 aromatic heterocycles. The fourth-order valence-corrected chi connectivity index (χ4v) is 5.63. The number of halogens is 1. The maximum absolute atomic E-state index is 14.4. The Balaban J connectivity index is 1.53. The molecule has 0 saturated heterocycles. The highest BCUT2D eigenvalue weighted by Crippen LogP contribution is 2.38. The van der Waals surface area contributed by atoms with Crippen LogP contribution in [0.5, 0.6) is 0 Å². The molecular weight excluding hydrogens is 535 g/mol. The second-order valence-corrected chi connectivity index (χ2v) is 11.1. The number of benzene rings is 3. The Morgan fingerprint density at radius 1 is 1.12 bits per heavy atom. The highest BCUT2D eigenvalue weighted by atomic mass is 19.1. The number of fused-ring (bicyclic) bond motifs is 5. The van der Waals surface area contributed by atoms with E-state index < -0.39 is 12.1 Å². The molecule has 4 aromatic rings. The van der Waals surface area contributed by atoms with Gasteiger partial charge in [-0.15, -0.1) is 0 Å². The molecule has 0 saturated carbocycles. The third kappa shape index (κ3) is 5.75. The summed E-state index contributed by atoms with van der Waals surface area (Å²) in [4.78, 5) is 30.7. The predicted octanol–water partition coefficient (Wildman–Crippen LogP) is 5.51. The van der Waals surface area contributed by atoms with Crippen LogP contribution in [0.25, 0.3) is 22.0 Å². The van der Waals surface area contributed by atoms with Crippen molar-refractivity contribution in [3.63, 3.8) is 0 Å². The smallest absolute Gasteiger partial charge is 0.321 e. The predicted molar refractivity (Wildman–Crippen MR) is 162 cm³/mol.